The zero-order chi connectivity index (χ0) is 24.5. The molecule has 1 aliphatic heterocycles. The molecule has 0 radical (unpaired) electrons. The van der Waals surface area contributed by atoms with Gasteiger partial charge in [0, 0.05) is 18.5 Å². The van der Waals surface area contributed by atoms with E-state index in [2.05, 4.69) is 45.4 Å². The molecule has 1 fully saturated rings. The van der Waals surface area contributed by atoms with Gasteiger partial charge in [0.05, 0.1) is 17.1 Å². The van der Waals surface area contributed by atoms with Crippen LogP contribution >= 0.6 is 23.6 Å². The molecule has 1 saturated heterocycles. The van der Waals surface area contributed by atoms with E-state index >= 15 is 0 Å². The predicted molar refractivity (Wildman–Crippen MR) is 138 cm³/mol. The lowest BCUT2D eigenvalue weighted by Crippen LogP contribution is -2.49. The minimum Gasteiger partial charge on any atom is -0.476 e. The summed E-state index contributed by atoms with van der Waals surface area (Å²) >= 11 is 6.99. The zero-order valence-corrected chi connectivity index (χ0v) is 23.3. The lowest BCUT2D eigenvalue weighted by Gasteiger charge is -2.37. The summed E-state index contributed by atoms with van der Waals surface area (Å²) < 4.78 is 20.4. The van der Waals surface area contributed by atoms with Gasteiger partial charge in [-0.1, -0.05) is 33.4 Å². The Morgan fingerprint density at radius 2 is 2.15 bits per heavy atom. The molecule has 0 aliphatic carbocycles. The summed E-state index contributed by atoms with van der Waals surface area (Å²) in [5.74, 6) is 0.109. The van der Waals surface area contributed by atoms with Crippen LogP contribution in [0.15, 0.2) is 25.2 Å². The third kappa shape index (κ3) is 5.50. The molecular formula is C23H35N3O4S2Si. The molecule has 7 nitrogen and oxygen atoms in total. The standard InChI is InChI=1S/C23H35N3O4S2Si/c1-9-10-28-22(27)26-17(11-16(23(4,5)6)21(26)30-33(7)8)19(29-15(3)31)20-14(2)25-13-24-12-18(25)32-20/h9,12-13,16-17,19,21,33H,1,10-11H2,2-8H3/t16-,17-,19?,21?/m0/s1. The lowest BCUT2D eigenvalue weighted by atomic mass is 9.78. The maximum absolute atomic E-state index is 13.4. The van der Waals surface area contributed by atoms with Gasteiger partial charge in [0.1, 0.15) is 24.0 Å². The quantitative estimate of drug-likeness (QED) is 0.279. The number of carbonyl (C=O) groups is 1. The van der Waals surface area contributed by atoms with E-state index < -0.39 is 21.2 Å². The lowest BCUT2D eigenvalue weighted by molar-refractivity contribution is -0.0272. The van der Waals surface area contributed by atoms with E-state index in [1.807, 2.05) is 17.5 Å². The van der Waals surface area contributed by atoms with Crippen LogP contribution in [0.1, 0.15) is 50.8 Å². The molecule has 2 unspecified atom stereocenters. The van der Waals surface area contributed by atoms with E-state index in [1.54, 1.807) is 35.6 Å². The Bertz CT molecular complexity index is 1010. The largest absolute Gasteiger partial charge is 0.476 e. The molecule has 33 heavy (non-hydrogen) atoms. The van der Waals surface area contributed by atoms with E-state index in [0.717, 1.165) is 21.8 Å². The van der Waals surface area contributed by atoms with Crippen molar-refractivity contribution in [2.45, 2.75) is 72.5 Å². The number of fused-ring (bicyclic) bond motifs is 1. The summed E-state index contributed by atoms with van der Waals surface area (Å²) in [5.41, 5.74) is 0.946. The van der Waals surface area contributed by atoms with Crippen molar-refractivity contribution in [3.05, 3.63) is 35.8 Å². The number of carbonyl (C=O) groups excluding carboxylic acids is 1. The molecular weight excluding hydrogens is 474 g/mol. The van der Waals surface area contributed by atoms with Crippen molar-refractivity contribution in [3.63, 3.8) is 0 Å². The number of hydrogen-bond acceptors (Lipinski definition) is 7. The van der Waals surface area contributed by atoms with Gasteiger partial charge >= 0.3 is 6.09 Å². The van der Waals surface area contributed by atoms with Gasteiger partial charge in [0.25, 0.3) is 0 Å². The Balaban J connectivity index is 2.12. The van der Waals surface area contributed by atoms with Crippen LogP contribution in [0.3, 0.4) is 0 Å². The number of likely N-dealkylation sites (tertiary alicyclic amines) is 1. The average Bonchev–Trinajstić information content (AvgIpc) is 3.38. The number of thiocarbonyl (C=S) groups is 1. The van der Waals surface area contributed by atoms with Crippen molar-refractivity contribution in [1.29, 1.82) is 0 Å². The van der Waals surface area contributed by atoms with Gasteiger partial charge in [-0.25, -0.2) is 9.78 Å². The molecule has 4 atom stereocenters. The highest BCUT2D eigenvalue weighted by atomic mass is 32.1. The van der Waals surface area contributed by atoms with Crippen LogP contribution < -0.4 is 0 Å². The molecule has 0 N–H and O–H groups in total. The van der Waals surface area contributed by atoms with Gasteiger partial charge in [0.2, 0.25) is 0 Å². The second-order valence-corrected chi connectivity index (χ2v) is 13.8. The molecule has 0 bridgehead atoms. The monoisotopic (exact) mass is 509 g/mol. The summed E-state index contributed by atoms with van der Waals surface area (Å²) in [6.45, 7) is 18.5. The minimum absolute atomic E-state index is 0.0849. The number of thiazole rings is 1. The summed E-state index contributed by atoms with van der Waals surface area (Å²) in [6.07, 6.45) is 4.69. The van der Waals surface area contributed by atoms with E-state index in [0.29, 0.717) is 5.05 Å². The van der Waals surface area contributed by atoms with E-state index in [1.165, 1.54) is 0 Å². The Kier molecular flexibility index (Phi) is 8.03. The van der Waals surface area contributed by atoms with E-state index in [4.69, 9.17) is 26.1 Å². The minimum atomic E-state index is -1.47. The van der Waals surface area contributed by atoms with Gasteiger partial charge < -0.3 is 13.9 Å². The molecule has 3 heterocycles. The average molecular weight is 510 g/mol. The van der Waals surface area contributed by atoms with Crippen LogP contribution in [0.25, 0.3) is 4.83 Å². The van der Waals surface area contributed by atoms with Gasteiger partial charge in [0.15, 0.2) is 20.2 Å². The molecule has 0 saturated carbocycles. The van der Waals surface area contributed by atoms with Crippen LogP contribution in [-0.4, -0.2) is 53.3 Å². The number of imidazole rings is 1. The first kappa shape index (κ1) is 25.9. The number of aryl methyl sites for hydroxylation is 1. The van der Waals surface area contributed by atoms with E-state index in [9.17, 15) is 4.79 Å². The molecule has 3 rings (SSSR count). The van der Waals surface area contributed by atoms with Gasteiger partial charge in [-0.05, 0) is 44.1 Å². The van der Waals surface area contributed by atoms with Crippen LogP contribution in [0.4, 0.5) is 4.79 Å². The molecule has 2 aromatic heterocycles. The third-order valence-electron chi connectivity index (χ3n) is 5.97. The van der Waals surface area contributed by atoms with Crippen molar-refractivity contribution < 1.29 is 18.7 Å². The van der Waals surface area contributed by atoms with E-state index in [-0.39, 0.29) is 30.2 Å². The first-order valence-electron chi connectivity index (χ1n) is 11.3. The summed E-state index contributed by atoms with van der Waals surface area (Å²) in [5, 5.41) is 0.435. The second kappa shape index (κ2) is 10.2. The van der Waals surface area contributed by atoms with Crippen molar-refractivity contribution in [2.24, 2.45) is 11.3 Å². The SMILES string of the molecule is C=CCOC(=O)N1C(O[SiH](C)C)[C@@H](C(C)(C)C)C[C@H]1C(OC(C)=S)c1sc2cncn2c1C. The smallest absolute Gasteiger partial charge is 0.412 e. The van der Waals surface area contributed by atoms with Crippen molar-refractivity contribution >= 4 is 48.6 Å². The predicted octanol–water partition coefficient (Wildman–Crippen LogP) is 5.49. The highest BCUT2D eigenvalue weighted by molar-refractivity contribution is 7.80. The summed E-state index contributed by atoms with van der Waals surface area (Å²) in [4.78, 5) is 21.5. The van der Waals surface area contributed by atoms with Crippen LogP contribution in [-0.2, 0) is 13.9 Å². The molecule has 1 amide bonds. The third-order valence-corrected chi connectivity index (χ3v) is 8.15. The molecule has 0 aromatic carbocycles. The number of amides is 1. The fraction of sp³-hybridized carbons (Fsp3) is 0.609. The van der Waals surface area contributed by atoms with Gasteiger partial charge in [-0.3, -0.25) is 9.30 Å². The Morgan fingerprint density at radius 3 is 2.70 bits per heavy atom. The van der Waals surface area contributed by atoms with Crippen molar-refractivity contribution in [2.75, 3.05) is 6.61 Å². The zero-order valence-electron chi connectivity index (χ0n) is 20.5. The van der Waals surface area contributed by atoms with Crippen molar-refractivity contribution in [1.82, 2.24) is 14.3 Å². The maximum atomic E-state index is 13.4. The molecule has 182 valence electrons. The summed E-state index contributed by atoms with van der Waals surface area (Å²) in [6, 6.07) is -0.294. The van der Waals surface area contributed by atoms with Crippen LogP contribution in [0.2, 0.25) is 13.1 Å². The number of hydrogen-bond donors (Lipinski definition) is 0. The number of ether oxygens (including phenoxy) is 2. The Morgan fingerprint density at radius 1 is 1.45 bits per heavy atom. The number of rotatable bonds is 7. The van der Waals surface area contributed by atoms with Crippen LogP contribution in [0.5, 0.6) is 0 Å². The van der Waals surface area contributed by atoms with Crippen molar-refractivity contribution in [3.8, 4) is 0 Å². The second-order valence-electron chi connectivity index (χ2n) is 9.81. The Hall–Kier alpha value is -1.75. The van der Waals surface area contributed by atoms with Gasteiger partial charge in [-0.15, -0.1) is 11.3 Å². The highest BCUT2D eigenvalue weighted by Crippen LogP contribution is 2.48. The normalized spacial score (nSPS) is 22.1. The Labute approximate surface area is 207 Å². The number of nitrogens with zero attached hydrogens (tertiary/aromatic N) is 3. The molecule has 10 heteroatoms. The molecule has 0 spiro atoms. The first-order valence-corrected chi connectivity index (χ1v) is 15.3. The maximum Gasteiger partial charge on any atom is 0.412 e. The fourth-order valence-corrected chi connectivity index (χ4v) is 6.64. The molecule has 1 aliphatic rings. The molecule has 2 aromatic rings. The van der Waals surface area contributed by atoms with Gasteiger partial charge in [-0.2, -0.15) is 0 Å². The first-order chi connectivity index (χ1) is 15.5. The fourth-order valence-electron chi connectivity index (χ4n) is 4.47. The highest BCUT2D eigenvalue weighted by Gasteiger charge is 2.53. The van der Waals surface area contributed by atoms with Crippen LogP contribution in [0, 0.1) is 18.3 Å². The summed E-state index contributed by atoms with van der Waals surface area (Å²) in [7, 11) is -1.47. The number of aromatic nitrogens is 2. The topological polar surface area (TPSA) is 65.3 Å².